The Balaban J connectivity index is 1.41. The first-order valence-electron chi connectivity index (χ1n) is 9.52. The maximum Gasteiger partial charge on any atom is 0.233 e. The lowest BCUT2D eigenvalue weighted by molar-refractivity contribution is -0.137. The lowest BCUT2D eigenvalue weighted by Gasteiger charge is -2.35. The molecule has 2 fully saturated rings. The van der Waals surface area contributed by atoms with E-state index in [1.807, 2.05) is 33.8 Å². The number of fused-ring (bicyclic) bond motifs is 1. The highest BCUT2D eigenvalue weighted by Crippen LogP contribution is 2.51. The van der Waals surface area contributed by atoms with Gasteiger partial charge in [0.25, 0.3) is 0 Å². The average molecular weight is 352 g/mol. The number of aromatic nitrogens is 3. The molecule has 0 bridgehead atoms. The third-order valence-electron chi connectivity index (χ3n) is 6.12. The zero-order chi connectivity index (χ0) is 17.9. The maximum atomic E-state index is 13.4. The fourth-order valence-electron chi connectivity index (χ4n) is 4.11. The van der Waals surface area contributed by atoms with Crippen molar-refractivity contribution in [2.45, 2.75) is 56.5 Å². The molecule has 5 rings (SSSR count). The normalized spacial score (nSPS) is 23.5. The van der Waals surface area contributed by atoms with Gasteiger partial charge in [-0.2, -0.15) is 5.10 Å². The van der Waals surface area contributed by atoms with Crippen LogP contribution in [0.3, 0.4) is 0 Å². The van der Waals surface area contributed by atoms with Gasteiger partial charge >= 0.3 is 0 Å². The summed E-state index contributed by atoms with van der Waals surface area (Å²) in [5.41, 5.74) is 0.739. The summed E-state index contributed by atoms with van der Waals surface area (Å²) in [5, 5.41) is 4.67. The first-order valence-corrected chi connectivity index (χ1v) is 9.52. The molecular weight excluding hydrogens is 328 g/mol. The molecule has 6 nitrogen and oxygen atoms in total. The average Bonchev–Trinajstić information content (AvgIpc) is 3.59. The highest BCUT2D eigenvalue weighted by Gasteiger charge is 2.54. The molecule has 26 heavy (non-hydrogen) atoms. The fraction of sp³-hybridized carbons (Fsp3) is 0.550. The van der Waals surface area contributed by atoms with Crippen molar-refractivity contribution in [2.75, 3.05) is 13.7 Å². The summed E-state index contributed by atoms with van der Waals surface area (Å²) in [6.45, 7) is 3.53. The van der Waals surface area contributed by atoms with Crippen molar-refractivity contribution < 1.29 is 9.53 Å². The number of nitrogens with zero attached hydrogens (tertiary/aromatic N) is 4. The van der Waals surface area contributed by atoms with Gasteiger partial charge in [-0.1, -0.05) is 12.1 Å². The van der Waals surface area contributed by atoms with Gasteiger partial charge in [-0.3, -0.25) is 4.79 Å². The quantitative estimate of drug-likeness (QED) is 0.849. The van der Waals surface area contributed by atoms with E-state index < -0.39 is 0 Å². The Hall–Kier alpha value is -2.37. The highest BCUT2D eigenvalue weighted by molar-refractivity contribution is 5.91. The second-order valence-electron chi connectivity index (χ2n) is 7.81. The number of hydrogen-bond acceptors (Lipinski definition) is 4. The molecule has 0 spiro atoms. The van der Waals surface area contributed by atoms with Crippen LogP contribution in [0.2, 0.25) is 0 Å². The maximum absolute atomic E-state index is 13.4. The number of carbonyl (C=O) groups is 1. The number of benzene rings is 1. The van der Waals surface area contributed by atoms with Crippen LogP contribution in [-0.2, 0) is 16.8 Å². The van der Waals surface area contributed by atoms with Crippen molar-refractivity contribution in [1.29, 1.82) is 0 Å². The van der Waals surface area contributed by atoms with Crippen molar-refractivity contribution in [3.05, 3.63) is 41.5 Å². The van der Waals surface area contributed by atoms with E-state index in [-0.39, 0.29) is 17.4 Å². The zero-order valence-corrected chi connectivity index (χ0v) is 15.3. The molecule has 2 heterocycles. The van der Waals surface area contributed by atoms with E-state index in [0.29, 0.717) is 12.5 Å². The van der Waals surface area contributed by atoms with Gasteiger partial charge in [-0.25, -0.2) is 9.67 Å². The van der Waals surface area contributed by atoms with Gasteiger partial charge in [0.1, 0.15) is 11.6 Å². The first-order chi connectivity index (χ1) is 12.6. The molecule has 1 aromatic heterocycles. The molecule has 0 unspecified atom stereocenters. The van der Waals surface area contributed by atoms with E-state index in [1.54, 1.807) is 7.11 Å². The molecule has 1 aliphatic heterocycles. The number of carbonyl (C=O) groups excluding carboxylic acids is 1. The van der Waals surface area contributed by atoms with Crippen LogP contribution in [0.4, 0.5) is 0 Å². The molecule has 2 aliphatic carbocycles. The molecular formula is C20H24N4O2. The van der Waals surface area contributed by atoms with Gasteiger partial charge < -0.3 is 9.64 Å². The van der Waals surface area contributed by atoms with Crippen LogP contribution in [-0.4, -0.2) is 39.2 Å². The summed E-state index contributed by atoms with van der Waals surface area (Å²) >= 11 is 0. The summed E-state index contributed by atoms with van der Waals surface area (Å²) in [7, 11) is 1.66. The minimum atomic E-state index is -0.359. The predicted octanol–water partition coefficient (Wildman–Crippen LogP) is 2.80. The summed E-state index contributed by atoms with van der Waals surface area (Å²) < 4.78 is 7.26. The monoisotopic (exact) mass is 352 g/mol. The minimum Gasteiger partial charge on any atom is -0.497 e. The molecule has 0 radical (unpaired) electrons. The molecule has 2 saturated carbocycles. The molecule has 0 saturated heterocycles. The van der Waals surface area contributed by atoms with Crippen LogP contribution in [0.15, 0.2) is 24.3 Å². The van der Waals surface area contributed by atoms with E-state index in [1.165, 1.54) is 12.8 Å². The lowest BCUT2D eigenvalue weighted by Crippen LogP contribution is -2.46. The predicted molar refractivity (Wildman–Crippen MR) is 96.0 cm³/mol. The Kier molecular flexibility index (Phi) is 3.39. The molecule has 136 valence electrons. The SMILES string of the molecule is COc1ccc(C2(C(=O)N3CCn4nc(C5CC5)nc4[C@H]3C)CC2)cc1. The lowest BCUT2D eigenvalue weighted by atomic mass is 9.93. The van der Waals surface area contributed by atoms with E-state index in [9.17, 15) is 4.79 Å². The zero-order valence-electron chi connectivity index (χ0n) is 15.3. The van der Waals surface area contributed by atoms with Crippen LogP contribution in [0.25, 0.3) is 0 Å². The van der Waals surface area contributed by atoms with Gasteiger partial charge in [-0.15, -0.1) is 0 Å². The summed E-state index contributed by atoms with van der Waals surface area (Å²) in [5.74, 6) is 3.51. The van der Waals surface area contributed by atoms with Crippen LogP contribution in [0.1, 0.15) is 61.8 Å². The molecule has 2 aromatic rings. The van der Waals surface area contributed by atoms with Crippen molar-refractivity contribution in [3.63, 3.8) is 0 Å². The van der Waals surface area contributed by atoms with Gasteiger partial charge in [0.05, 0.1) is 25.1 Å². The Morgan fingerprint density at radius 2 is 1.92 bits per heavy atom. The van der Waals surface area contributed by atoms with Crippen LogP contribution in [0.5, 0.6) is 5.75 Å². The Morgan fingerprint density at radius 3 is 2.54 bits per heavy atom. The number of amides is 1. The smallest absolute Gasteiger partial charge is 0.233 e. The third-order valence-corrected chi connectivity index (χ3v) is 6.12. The van der Waals surface area contributed by atoms with E-state index >= 15 is 0 Å². The van der Waals surface area contributed by atoms with Crippen molar-refractivity contribution in [1.82, 2.24) is 19.7 Å². The Morgan fingerprint density at radius 1 is 1.19 bits per heavy atom. The largest absolute Gasteiger partial charge is 0.497 e. The van der Waals surface area contributed by atoms with Gasteiger partial charge in [-0.05, 0) is 50.3 Å². The number of methoxy groups -OCH3 is 1. The molecule has 6 heteroatoms. The van der Waals surface area contributed by atoms with Crippen molar-refractivity contribution in [3.8, 4) is 5.75 Å². The highest BCUT2D eigenvalue weighted by atomic mass is 16.5. The molecule has 0 N–H and O–H groups in total. The second-order valence-corrected chi connectivity index (χ2v) is 7.81. The van der Waals surface area contributed by atoms with E-state index in [4.69, 9.17) is 9.72 Å². The molecule has 1 aromatic carbocycles. The first kappa shape index (κ1) is 15.9. The summed E-state index contributed by atoms with van der Waals surface area (Å²) in [6, 6.07) is 7.94. The van der Waals surface area contributed by atoms with Crippen LogP contribution >= 0.6 is 0 Å². The van der Waals surface area contributed by atoms with E-state index in [0.717, 1.165) is 42.3 Å². The summed E-state index contributed by atoms with van der Waals surface area (Å²) in [6.07, 6.45) is 4.23. The molecule has 1 atom stereocenters. The van der Waals surface area contributed by atoms with Crippen molar-refractivity contribution in [2.24, 2.45) is 0 Å². The van der Waals surface area contributed by atoms with Gasteiger partial charge in [0.2, 0.25) is 5.91 Å². The Labute approximate surface area is 153 Å². The van der Waals surface area contributed by atoms with Crippen molar-refractivity contribution >= 4 is 5.91 Å². The fourth-order valence-corrected chi connectivity index (χ4v) is 4.11. The summed E-state index contributed by atoms with van der Waals surface area (Å²) in [4.78, 5) is 20.2. The van der Waals surface area contributed by atoms with Crippen LogP contribution in [0, 0.1) is 0 Å². The second kappa shape index (κ2) is 5.56. The number of hydrogen-bond donors (Lipinski definition) is 0. The van der Waals surface area contributed by atoms with Gasteiger partial charge in [0.15, 0.2) is 5.82 Å². The third kappa shape index (κ3) is 2.35. The standard InChI is InChI=1S/C20H24N4O2/c1-13-18-21-17(14-3-4-14)22-24(18)12-11-23(13)19(25)20(9-10-20)15-5-7-16(26-2)8-6-15/h5-8,13-14H,3-4,9-12H2,1-2H3/t13-/m1/s1. The number of rotatable bonds is 4. The Bertz CT molecular complexity index is 849. The number of ether oxygens (including phenoxy) is 1. The van der Waals surface area contributed by atoms with E-state index in [2.05, 4.69) is 12.0 Å². The minimum absolute atomic E-state index is 0.0213. The molecule has 3 aliphatic rings. The van der Waals surface area contributed by atoms with Gasteiger partial charge in [0, 0.05) is 12.5 Å². The topological polar surface area (TPSA) is 60.2 Å². The van der Waals surface area contributed by atoms with Crippen LogP contribution < -0.4 is 4.74 Å². The molecule has 1 amide bonds.